The molecule has 2 fully saturated rings. The second kappa shape index (κ2) is 5.28. The van der Waals surface area contributed by atoms with Gasteiger partial charge in [-0.25, -0.2) is 0 Å². The molecule has 1 N–H and O–H groups in total. The van der Waals surface area contributed by atoms with E-state index in [-0.39, 0.29) is 11.9 Å². The molecule has 1 saturated carbocycles. The van der Waals surface area contributed by atoms with Crippen molar-refractivity contribution in [3.63, 3.8) is 0 Å². The summed E-state index contributed by atoms with van der Waals surface area (Å²) in [6.07, 6.45) is 4.06. The molecule has 2 aliphatic rings. The van der Waals surface area contributed by atoms with Crippen molar-refractivity contribution >= 4 is 17.7 Å². The molecule has 1 aromatic heterocycles. The lowest BCUT2D eigenvalue weighted by molar-refractivity contribution is -0.133. The summed E-state index contributed by atoms with van der Waals surface area (Å²) in [7, 11) is 0. The van der Waals surface area contributed by atoms with Crippen LogP contribution in [0.5, 0.6) is 0 Å². The molecule has 1 atom stereocenters. The molecule has 0 spiro atoms. The maximum absolute atomic E-state index is 12.5. The Morgan fingerprint density at radius 2 is 2.39 bits per heavy atom. The van der Waals surface area contributed by atoms with Gasteiger partial charge >= 0.3 is 0 Å². The maximum Gasteiger partial charge on any atom is 0.241 e. The first-order valence-electron chi connectivity index (χ1n) is 6.36. The van der Waals surface area contributed by atoms with Gasteiger partial charge in [-0.2, -0.15) is 0 Å². The van der Waals surface area contributed by atoms with E-state index in [1.807, 2.05) is 23.1 Å². The third-order valence-corrected chi connectivity index (χ3v) is 4.28. The Kier molecular flexibility index (Phi) is 3.52. The van der Waals surface area contributed by atoms with Gasteiger partial charge in [-0.05, 0) is 25.0 Å². The van der Waals surface area contributed by atoms with Crippen LogP contribution in [-0.2, 0) is 11.3 Å². The Morgan fingerprint density at radius 3 is 3.00 bits per heavy atom. The molecular formula is C13H17N3OS. The SMILES string of the molecule is O=C(C1CSCN1)N(Cc1ccccn1)C1CC1. The van der Waals surface area contributed by atoms with E-state index in [9.17, 15) is 4.79 Å². The van der Waals surface area contributed by atoms with Crippen molar-refractivity contribution in [2.75, 3.05) is 11.6 Å². The van der Waals surface area contributed by atoms with Gasteiger partial charge in [-0.15, -0.1) is 11.8 Å². The molecule has 2 heterocycles. The largest absolute Gasteiger partial charge is 0.332 e. The van der Waals surface area contributed by atoms with Gasteiger partial charge in [0.05, 0.1) is 18.3 Å². The monoisotopic (exact) mass is 263 g/mol. The number of hydrogen-bond acceptors (Lipinski definition) is 4. The molecule has 1 aliphatic heterocycles. The van der Waals surface area contributed by atoms with Crippen molar-refractivity contribution in [2.45, 2.75) is 31.5 Å². The number of pyridine rings is 1. The average molecular weight is 263 g/mol. The molecule has 4 nitrogen and oxygen atoms in total. The molecule has 18 heavy (non-hydrogen) atoms. The van der Waals surface area contributed by atoms with Crippen LogP contribution in [0.2, 0.25) is 0 Å². The van der Waals surface area contributed by atoms with E-state index >= 15 is 0 Å². The van der Waals surface area contributed by atoms with Crippen LogP contribution in [0.4, 0.5) is 0 Å². The van der Waals surface area contributed by atoms with E-state index in [1.54, 1.807) is 18.0 Å². The first-order valence-corrected chi connectivity index (χ1v) is 7.51. The molecule has 0 radical (unpaired) electrons. The number of nitrogens with zero attached hydrogens (tertiary/aromatic N) is 2. The van der Waals surface area contributed by atoms with Crippen LogP contribution in [0.3, 0.4) is 0 Å². The molecule has 1 amide bonds. The smallest absolute Gasteiger partial charge is 0.241 e. The van der Waals surface area contributed by atoms with Gasteiger partial charge in [0.1, 0.15) is 0 Å². The normalized spacial score (nSPS) is 23.0. The molecule has 96 valence electrons. The molecule has 1 saturated heterocycles. The highest BCUT2D eigenvalue weighted by Crippen LogP contribution is 2.29. The lowest BCUT2D eigenvalue weighted by Crippen LogP contribution is -2.45. The zero-order valence-corrected chi connectivity index (χ0v) is 11.0. The van der Waals surface area contributed by atoms with E-state index in [0.29, 0.717) is 12.6 Å². The fourth-order valence-corrected chi connectivity index (χ4v) is 3.13. The van der Waals surface area contributed by atoms with Crippen LogP contribution in [0.1, 0.15) is 18.5 Å². The van der Waals surface area contributed by atoms with Crippen LogP contribution < -0.4 is 5.32 Å². The average Bonchev–Trinajstić information content (AvgIpc) is 3.10. The van der Waals surface area contributed by atoms with Gasteiger partial charge in [0.15, 0.2) is 0 Å². The van der Waals surface area contributed by atoms with Gasteiger partial charge in [0.2, 0.25) is 5.91 Å². The Hall–Kier alpha value is -1.07. The number of nitrogens with one attached hydrogen (secondary N) is 1. The lowest BCUT2D eigenvalue weighted by Gasteiger charge is -2.25. The highest BCUT2D eigenvalue weighted by atomic mass is 32.2. The summed E-state index contributed by atoms with van der Waals surface area (Å²) in [6.45, 7) is 0.646. The quantitative estimate of drug-likeness (QED) is 0.887. The van der Waals surface area contributed by atoms with Gasteiger partial charge < -0.3 is 4.90 Å². The molecule has 3 rings (SSSR count). The van der Waals surface area contributed by atoms with E-state index in [2.05, 4.69) is 10.3 Å². The van der Waals surface area contributed by atoms with E-state index in [0.717, 1.165) is 30.2 Å². The number of thioether (sulfide) groups is 1. The number of aromatic nitrogens is 1. The van der Waals surface area contributed by atoms with Gasteiger partial charge in [-0.1, -0.05) is 6.07 Å². The third-order valence-electron chi connectivity index (χ3n) is 3.34. The Balaban J connectivity index is 1.70. The molecule has 5 heteroatoms. The standard InChI is InChI=1S/C13H17N3OS/c17-13(12-8-18-9-15-12)16(11-4-5-11)7-10-3-1-2-6-14-10/h1-3,6,11-12,15H,4-5,7-9H2. The second-order valence-electron chi connectivity index (χ2n) is 4.79. The van der Waals surface area contributed by atoms with Crippen LogP contribution in [0, 0.1) is 0 Å². The van der Waals surface area contributed by atoms with Crippen LogP contribution in [-0.4, -0.2) is 39.5 Å². The summed E-state index contributed by atoms with van der Waals surface area (Å²) in [5, 5.41) is 3.26. The fourth-order valence-electron chi connectivity index (χ4n) is 2.19. The van der Waals surface area contributed by atoms with Crippen molar-refractivity contribution in [3.8, 4) is 0 Å². The maximum atomic E-state index is 12.5. The summed E-state index contributed by atoms with van der Waals surface area (Å²) >= 11 is 1.79. The summed E-state index contributed by atoms with van der Waals surface area (Å²) in [4.78, 5) is 18.8. The summed E-state index contributed by atoms with van der Waals surface area (Å²) in [6, 6.07) is 6.30. The van der Waals surface area contributed by atoms with Crippen LogP contribution in [0.25, 0.3) is 0 Å². The first kappa shape index (κ1) is 12.0. The predicted molar refractivity (Wildman–Crippen MR) is 72.1 cm³/mol. The molecule has 1 aliphatic carbocycles. The predicted octanol–water partition coefficient (Wildman–Crippen LogP) is 1.24. The van der Waals surface area contributed by atoms with Crippen LogP contribution in [0.15, 0.2) is 24.4 Å². The summed E-state index contributed by atoms with van der Waals surface area (Å²) in [5.41, 5.74) is 0.975. The third kappa shape index (κ3) is 2.67. The van der Waals surface area contributed by atoms with Crippen molar-refractivity contribution in [1.82, 2.24) is 15.2 Å². The zero-order valence-electron chi connectivity index (χ0n) is 10.2. The van der Waals surface area contributed by atoms with Crippen molar-refractivity contribution in [2.24, 2.45) is 0 Å². The van der Waals surface area contributed by atoms with Crippen molar-refractivity contribution in [1.29, 1.82) is 0 Å². The molecule has 0 bridgehead atoms. The number of carbonyl (C=O) groups is 1. The lowest BCUT2D eigenvalue weighted by atomic mass is 10.2. The van der Waals surface area contributed by atoms with Crippen molar-refractivity contribution < 1.29 is 4.79 Å². The minimum absolute atomic E-state index is 0.000637. The van der Waals surface area contributed by atoms with Gasteiger partial charge in [-0.3, -0.25) is 15.1 Å². The molecule has 0 aromatic carbocycles. The highest BCUT2D eigenvalue weighted by Gasteiger charge is 2.36. The Bertz CT molecular complexity index is 416. The Morgan fingerprint density at radius 1 is 1.50 bits per heavy atom. The van der Waals surface area contributed by atoms with E-state index < -0.39 is 0 Å². The highest BCUT2D eigenvalue weighted by molar-refractivity contribution is 7.99. The van der Waals surface area contributed by atoms with E-state index in [1.165, 1.54) is 0 Å². The number of hydrogen-bond donors (Lipinski definition) is 1. The van der Waals surface area contributed by atoms with Gasteiger partial charge in [0.25, 0.3) is 0 Å². The molecule has 1 unspecified atom stereocenters. The second-order valence-corrected chi connectivity index (χ2v) is 5.82. The number of rotatable bonds is 4. The van der Waals surface area contributed by atoms with Gasteiger partial charge in [0, 0.05) is 23.9 Å². The number of amides is 1. The number of carbonyl (C=O) groups excluding carboxylic acids is 1. The van der Waals surface area contributed by atoms with E-state index in [4.69, 9.17) is 0 Å². The Labute approximate surface area is 111 Å². The topological polar surface area (TPSA) is 45.2 Å². The first-order chi connectivity index (χ1) is 8.84. The minimum Gasteiger partial charge on any atom is -0.332 e. The molecule has 1 aromatic rings. The minimum atomic E-state index is -0.000637. The molecular weight excluding hydrogens is 246 g/mol. The fraction of sp³-hybridized carbons (Fsp3) is 0.538. The summed E-state index contributed by atoms with van der Waals surface area (Å²) < 4.78 is 0. The zero-order chi connectivity index (χ0) is 12.4. The van der Waals surface area contributed by atoms with Crippen LogP contribution >= 0.6 is 11.8 Å². The summed E-state index contributed by atoms with van der Waals surface area (Å²) in [5.74, 6) is 2.02. The van der Waals surface area contributed by atoms with Crippen molar-refractivity contribution in [3.05, 3.63) is 30.1 Å².